The molecule has 1 fully saturated rings. The van der Waals surface area contributed by atoms with E-state index in [2.05, 4.69) is 12.2 Å². The Balaban J connectivity index is 2.01. The highest BCUT2D eigenvalue weighted by Crippen LogP contribution is 2.29. The Kier molecular flexibility index (Phi) is 5.30. The molecular formula is C15H21Cl2N2O+. The van der Waals surface area contributed by atoms with Gasteiger partial charge in [0.2, 0.25) is 0 Å². The van der Waals surface area contributed by atoms with Crippen LogP contribution in [0.25, 0.3) is 0 Å². The Morgan fingerprint density at radius 1 is 1.30 bits per heavy atom. The molecule has 2 N–H and O–H groups in total. The summed E-state index contributed by atoms with van der Waals surface area (Å²) in [6.45, 7) is 6.33. The average molecular weight is 316 g/mol. The van der Waals surface area contributed by atoms with Crippen LogP contribution in [0.1, 0.15) is 26.7 Å². The SMILES string of the molecule is CC1CC[NH+]([C@H](C)C(=O)Nc2c(Cl)cccc2Cl)CC1. The maximum Gasteiger partial charge on any atom is 0.282 e. The zero-order valence-corrected chi connectivity index (χ0v) is 13.4. The van der Waals surface area contributed by atoms with Crippen molar-refractivity contribution >= 4 is 34.8 Å². The highest BCUT2D eigenvalue weighted by atomic mass is 35.5. The van der Waals surface area contributed by atoms with E-state index >= 15 is 0 Å². The second-order valence-electron chi connectivity index (χ2n) is 5.65. The summed E-state index contributed by atoms with van der Waals surface area (Å²) in [5.41, 5.74) is 0.512. The molecule has 1 amide bonds. The second kappa shape index (κ2) is 6.79. The molecule has 0 bridgehead atoms. The Morgan fingerprint density at radius 3 is 2.40 bits per heavy atom. The van der Waals surface area contributed by atoms with Gasteiger partial charge in [0.15, 0.2) is 6.04 Å². The highest BCUT2D eigenvalue weighted by molar-refractivity contribution is 6.39. The van der Waals surface area contributed by atoms with Crippen LogP contribution in [0.4, 0.5) is 5.69 Å². The number of hydrogen-bond donors (Lipinski definition) is 2. The number of carbonyl (C=O) groups is 1. The molecule has 1 saturated heterocycles. The molecule has 110 valence electrons. The lowest BCUT2D eigenvalue weighted by Crippen LogP contribution is -3.17. The molecule has 2 rings (SSSR count). The second-order valence-corrected chi connectivity index (χ2v) is 6.46. The number of amides is 1. The zero-order chi connectivity index (χ0) is 14.7. The molecule has 0 unspecified atom stereocenters. The number of hydrogen-bond acceptors (Lipinski definition) is 1. The first kappa shape index (κ1) is 15.6. The molecule has 3 nitrogen and oxygen atoms in total. The van der Waals surface area contributed by atoms with Gasteiger partial charge in [0.25, 0.3) is 5.91 Å². The molecule has 1 atom stereocenters. The molecule has 1 heterocycles. The van der Waals surface area contributed by atoms with Crippen molar-refractivity contribution in [2.24, 2.45) is 5.92 Å². The number of anilines is 1. The van der Waals surface area contributed by atoms with Crippen LogP contribution in [0.5, 0.6) is 0 Å². The van der Waals surface area contributed by atoms with Crippen LogP contribution in [0.2, 0.25) is 10.0 Å². The van der Waals surface area contributed by atoms with Crippen molar-refractivity contribution in [2.75, 3.05) is 18.4 Å². The molecule has 0 aromatic heterocycles. The molecule has 1 aromatic rings. The van der Waals surface area contributed by atoms with E-state index in [9.17, 15) is 4.79 Å². The lowest BCUT2D eigenvalue weighted by Gasteiger charge is -2.31. The number of nitrogens with one attached hydrogen (secondary N) is 2. The Hall–Kier alpha value is -0.770. The van der Waals surface area contributed by atoms with E-state index in [4.69, 9.17) is 23.2 Å². The van der Waals surface area contributed by atoms with Crippen molar-refractivity contribution in [1.82, 2.24) is 0 Å². The molecule has 0 aliphatic carbocycles. The fourth-order valence-electron chi connectivity index (χ4n) is 2.60. The van der Waals surface area contributed by atoms with Gasteiger partial charge in [-0.2, -0.15) is 0 Å². The lowest BCUT2D eigenvalue weighted by atomic mass is 9.98. The van der Waals surface area contributed by atoms with E-state index in [1.54, 1.807) is 18.2 Å². The van der Waals surface area contributed by atoms with Gasteiger partial charge in [-0.25, -0.2) is 0 Å². The summed E-state index contributed by atoms with van der Waals surface area (Å²) < 4.78 is 0. The summed E-state index contributed by atoms with van der Waals surface area (Å²) in [5, 5.41) is 3.81. The minimum absolute atomic E-state index is 0.0236. The zero-order valence-electron chi connectivity index (χ0n) is 11.9. The van der Waals surface area contributed by atoms with E-state index in [1.165, 1.54) is 17.7 Å². The topological polar surface area (TPSA) is 33.5 Å². The van der Waals surface area contributed by atoms with Crippen LogP contribution in [-0.2, 0) is 4.79 Å². The molecule has 0 saturated carbocycles. The molecule has 20 heavy (non-hydrogen) atoms. The van der Waals surface area contributed by atoms with E-state index in [0.717, 1.165) is 19.0 Å². The minimum atomic E-state index is -0.0881. The quantitative estimate of drug-likeness (QED) is 0.883. The third-order valence-corrected chi connectivity index (χ3v) is 4.76. The first-order chi connectivity index (χ1) is 9.49. The third-order valence-electron chi connectivity index (χ3n) is 4.13. The van der Waals surface area contributed by atoms with Crippen LogP contribution in [0.3, 0.4) is 0 Å². The number of quaternary nitrogens is 1. The average Bonchev–Trinajstić information content (AvgIpc) is 2.43. The summed E-state index contributed by atoms with van der Waals surface area (Å²) in [5.74, 6) is 0.747. The van der Waals surface area contributed by atoms with Crippen molar-refractivity contribution in [2.45, 2.75) is 32.7 Å². The van der Waals surface area contributed by atoms with Gasteiger partial charge < -0.3 is 10.2 Å². The van der Waals surface area contributed by atoms with E-state index < -0.39 is 0 Å². The van der Waals surface area contributed by atoms with E-state index in [1.807, 2.05) is 6.92 Å². The summed E-state index contributed by atoms with van der Waals surface area (Å²) >= 11 is 12.2. The smallest absolute Gasteiger partial charge is 0.282 e. The number of likely N-dealkylation sites (tertiary alicyclic amines) is 1. The fraction of sp³-hybridized carbons (Fsp3) is 0.533. The first-order valence-corrected chi connectivity index (χ1v) is 7.84. The van der Waals surface area contributed by atoms with Gasteiger partial charge in [-0.1, -0.05) is 36.2 Å². The molecule has 1 aliphatic heterocycles. The first-order valence-electron chi connectivity index (χ1n) is 7.08. The van der Waals surface area contributed by atoms with Gasteiger partial charge in [0.05, 0.1) is 28.8 Å². The molecule has 0 radical (unpaired) electrons. The summed E-state index contributed by atoms with van der Waals surface area (Å²) in [6.07, 6.45) is 2.36. The molecule has 1 aromatic carbocycles. The summed E-state index contributed by atoms with van der Waals surface area (Å²) in [6, 6.07) is 5.13. The van der Waals surface area contributed by atoms with E-state index in [0.29, 0.717) is 15.7 Å². The van der Waals surface area contributed by atoms with E-state index in [-0.39, 0.29) is 11.9 Å². The highest BCUT2D eigenvalue weighted by Gasteiger charge is 2.29. The van der Waals surface area contributed by atoms with Crippen molar-refractivity contribution in [1.29, 1.82) is 0 Å². The fourth-order valence-corrected chi connectivity index (χ4v) is 3.09. The lowest BCUT2D eigenvalue weighted by molar-refractivity contribution is -0.919. The van der Waals surface area contributed by atoms with Crippen molar-refractivity contribution in [3.63, 3.8) is 0 Å². The summed E-state index contributed by atoms with van der Waals surface area (Å²) in [4.78, 5) is 13.7. The molecule has 0 spiro atoms. The minimum Gasteiger partial charge on any atom is -0.325 e. The maximum atomic E-state index is 12.3. The number of halogens is 2. The standard InChI is InChI=1S/C15H20Cl2N2O/c1-10-6-8-19(9-7-10)11(2)15(20)18-14-12(16)4-3-5-13(14)17/h3-5,10-11H,6-9H2,1-2H3,(H,18,20)/p+1/t11-/m1/s1. The number of carbonyl (C=O) groups excluding carboxylic acids is 1. The van der Waals surface area contributed by atoms with Crippen LogP contribution in [0, 0.1) is 5.92 Å². The van der Waals surface area contributed by atoms with Crippen molar-refractivity contribution in [3.8, 4) is 0 Å². The predicted octanol–water partition coefficient (Wildman–Crippen LogP) is 2.64. The molecule has 5 heteroatoms. The van der Waals surface area contributed by atoms with Gasteiger partial charge in [-0.3, -0.25) is 4.79 Å². The Bertz CT molecular complexity index is 465. The van der Waals surface area contributed by atoms with Crippen molar-refractivity contribution in [3.05, 3.63) is 28.2 Å². The van der Waals surface area contributed by atoms with Crippen LogP contribution < -0.4 is 10.2 Å². The number of rotatable bonds is 3. The van der Waals surface area contributed by atoms with Gasteiger partial charge in [0.1, 0.15) is 0 Å². The summed E-state index contributed by atoms with van der Waals surface area (Å²) in [7, 11) is 0. The monoisotopic (exact) mass is 315 g/mol. The number of benzene rings is 1. The third kappa shape index (κ3) is 3.66. The maximum absolute atomic E-state index is 12.3. The number of para-hydroxylation sites is 1. The van der Waals surface area contributed by atoms with Gasteiger partial charge >= 0.3 is 0 Å². The van der Waals surface area contributed by atoms with Gasteiger partial charge in [-0.15, -0.1) is 0 Å². The predicted molar refractivity (Wildman–Crippen MR) is 83.6 cm³/mol. The number of piperidine rings is 1. The Labute approximate surface area is 130 Å². The van der Waals surface area contributed by atoms with Gasteiger partial charge in [0, 0.05) is 0 Å². The van der Waals surface area contributed by atoms with Crippen LogP contribution in [0.15, 0.2) is 18.2 Å². The molecular weight excluding hydrogens is 295 g/mol. The van der Waals surface area contributed by atoms with Gasteiger partial charge in [-0.05, 0) is 37.8 Å². The Morgan fingerprint density at radius 2 is 1.85 bits per heavy atom. The van der Waals surface area contributed by atoms with Crippen molar-refractivity contribution < 1.29 is 9.69 Å². The van der Waals surface area contributed by atoms with Crippen LogP contribution >= 0.6 is 23.2 Å². The molecule has 1 aliphatic rings. The normalized spacial score (nSPS) is 24.2. The van der Waals surface area contributed by atoms with Crippen LogP contribution in [-0.4, -0.2) is 25.0 Å². The largest absolute Gasteiger partial charge is 0.325 e.